The highest BCUT2D eigenvalue weighted by atomic mass is 32.1. The predicted octanol–water partition coefficient (Wildman–Crippen LogP) is 6.66. The minimum absolute atomic E-state index is 0.199. The quantitative estimate of drug-likeness (QED) is 0.298. The van der Waals surface area contributed by atoms with Gasteiger partial charge in [-0.2, -0.15) is 0 Å². The van der Waals surface area contributed by atoms with Crippen LogP contribution in [-0.2, 0) is 0 Å². The van der Waals surface area contributed by atoms with E-state index in [0.717, 1.165) is 37.4 Å². The third-order valence-electron chi connectivity index (χ3n) is 5.26. The van der Waals surface area contributed by atoms with Gasteiger partial charge in [-0.05, 0) is 72.2 Å². The van der Waals surface area contributed by atoms with Gasteiger partial charge >= 0.3 is 5.76 Å². The van der Waals surface area contributed by atoms with Crippen molar-refractivity contribution in [1.82, 2.24) is 10.2 Å². The summed E-state index contributed by atoms with van der Waals surface area (Å²) in [7, 11) is 1.63. The number of rotatable bonds is 6. The van der Waals surface area contributed by atoms with Crippen LogP contribution in [0, 0.1) is 12.7 Å². The Bertz CT molecular complexity index is 1560. The number of hydrogen-bond donors (Lipinski definition) is 1. The van der Waals surface area contributed by atoms with E-state index in [-0.39, 0.29) is 11.7 Å². The molecule has 2 aromatic heterocycles. The van der Waals surface area contributed by atoms with Gasteiger partial charge < -0.3 is 13.9 Å². The Morgan fingerprint density at radius 3 is 2.53 bits per heavy atom. The summed E-state index contributed by atoms with van der Waals surface area (Å²) in [5.41, 5.74) is 2.62. The van der Waals surface area contributed by atoms with Crippen LogP contribution in [-0.4, -0.2) is 17.3 Å². The van der Waals surface area contributed by atoms with Crippen molar-refractivity contribution in [1.29, 1.82) is 0 Å². The van der Waals surface area contributed by atoms with Crippen LogP contribution in [0.4, 0.5) is 4.39 Å². The fourth-order valence-corrected chi connectivity index (χ4v) is 4.83. The summed E-state index contributed by atoms with van der Waals surface area (Å²) in [5, 5.41) is 6.91. The molecular weight excluding hydrogens is 455 g/mol. The number of methoxy groups -OCH3 is 1. The van der Waals surface area contributed by atoms with E-state index in [1.54, 1.807) is 36.7 Å². The van der Waals surface area contributed by atoms with Gasteiger partial charge in [-0.1, -0.05) is 18.2 Å². The Balaban J connectivity index is 1.51. The molecule has 0 saturated carbocycles. The van der Waals surface area contributed by atoms with Crippen molar-refractivity contribution >= 4 is 33.6 Å². The first-order valence-corrected chi connectivity index (χ1v) is 11.2. The van der Waals surface area contributed by atoms with E-state index in [1.165, 1.54) is 12.1 Å². The molecule has 0 atom stereocenters. The number of ether oxygens (including phenoxy) is 2. The van der Waals surface area contributed by atoms with Crippen LogP contribution in [0.2, 0.25) is 0 Å². The zero-order valence-corrected chi connectivity index (χ0v) is 19.1. The van der Waals surface area contributed by atoms with Crippen LogP contribution in [0.3, 0.4) is 0 Å². The van der Waals surface area contributed by atoms with Crippen molar-refractivity contribution in [2.45, 2.75) is 6.92 Å². The zero-order chi connectivity index (χ0) is 23.7. The summed E-state index contributed by atoms with van der Waals surface area (Å²) in [6.07, 6.45) is 3.38. The maximum absolute atomic E-state index is 13.7. The number of aryl methyl sites for hydroxylation is 1. The van der Waals surface area contributed by atoms with Gasteiger partial charge in [-0.3, -0.25) is 0 Å². The van der Waals surface area contributed by atoms with Crippen LogP contribution in [0.5, 0.6) is 17.2 Å². The number of H-pyrrole nitrogens is 1. The molecule has 0 amide bonds. The minimum atomic E-state index is -0.601. The summed E-state index contributed by atoms with van der Waals surface area (Å²) in [6, 6.07) is 18.1. The highest BCUT2D eigenvalue weighted by Gasteiger charge is 2.18. The van der Waals surface area contributed by atoms with Crippen molar-refractivity contribution in [2.24, 2.45) is 0 Å². The lowest BCUT2D eigenvalue weighted by Crippen LogP contribution is -1.93. The van der Waals surface area contributed by atoms with E-state index in [2.05, 4.69) is 10.2 Å². The molecule has 0 unspecified atom stereocenters. The zero-order valence-electron chi connectivity index (χ0n) is 18.3. The molecule has 0 radical (unpaired) electrons. The molecule has 1 N–H and O–H groups in total. The Morgan fingerprint density at radius 1 is 1.03 bits per heavy atom. The molecule has 0 bridgehead atoms. The fourth-order valence-electron chi connectivity index (χ4n) is 3.59. The van der Waals surface area contributed by atoms with Crippen molar-refractivity contribution in [2.75, 3.05) is 7.11 Å². The summed E-state index contributed by atoms with van der Waals surface area (Å²) in [5.74, 6) is 1.44. The molecule has 3 aromatic carbocycles. The molecule has 5 rings (SSSR count). The van der Waals surface area contributed by atoms with Crippen LogP contribution in [0.1, 0.15) is 17.0 Å². The number of hydrogen-bond acceptors (Lipinski definition) is 6. The lowest BCUT2D eigenvalue weighted by atomic mass is 10.1. The molecule has 0 aliphatic rings. The second-order valence-corrected chi connectivity index (χ2v) is 8.59. The number of nitrogens with zero attached hydrogens (tertiary/aromatic N) is 1. The van der Waals surface area contributed by atoms with Crippen LogP contribution in [0.25, 0.3) is 32.7 Å². The maximum atomic E-state index is 13.7. The number of benzene rings is 3. The summed E-state index contributed by atoms with van der Waals surface area (Å²) < 4.78 is 31.4. The molecule has 2 heterocycles. The lowest BCUT2D eigenvalue weighted by molar-refractivity contribution is 0.415. The first-order chi connectivity index (χ1) is 16.5. The third-order valence-corrected chi connectivity index (χ3v) is 6.42. The Morgan fingerprint density at radius 2 is 1.82 bits per heavy atom. The molecule has 0 aliphatic carbocycles. The SMILES string of the molecule is COc1ccc2c(Oc3ccc(C=Cc4n[nH]c(=O)o4)cc3)c(-c3ccc(F)cc3C)sc2c1. The van der Waals surface area contributed by atoms with Crippen molar-refractivity contribution < 1.29 is 18.3 Å². The van der Waals surface area contributed by atoms with Gasteiger partial charge in [-0.25, -0.2) is 14.3 Å². The molecule has 0 fully saturated rings. The van der Waals surface area contributed by atoms with Crippen LogP contribution in [0.15, 0.2) is 69.9 Å². The van der Waals surface area contributed by atoms with E-state index in [4.69, 9.17) is 13.9 Å². The fraction of sp³-hybridized carbons (Fsp3) is 0.0769. The van der Waals surface area contributed by atoms with Gasteiger partial charge in [0.2, 0.25) is 5.89 Å². The molecule has 0 aliphatic heterocycles. The van der Waals surface area contributed by atoms with Gasteiger partial charge in [0.15, 0.2) is 5.75 Å². The van der Waals surface area contributed by atoms with E-state index in [0.29, 0.717) is 11.5 Å². The van der Waals surface area contributed by atoms with Crippen molar-refractivity contribution in [3.63, 3.8) is 0 Å². The minimum Gasteiger partial charge on any atom is -0.497 e. The Hall–Kier alpha value is -4.17. The first-order valence-electron chi connectivity index (χ1n) is 10.4. The Kier molecular flexibility index (Phi) is 5.73. The summed E-state index contributed by atoms with van der Waals surface area (Å²) in [6.45, 7) is 1.88. The smallest absolute Gasteiger partial charge is 0.434 e. The van der Waals surface area contributed by atoms with Gasteiger partial charge in [0.25, 0.3) is 0 Å². The topological polar surface area (TPSA) is 77.4 Å². The maximum Gasteiger partial charge on any atom is 0.434 e. The van der Waals surface area contributed by atoms with Gasteiger partial charge in [0, 0.05) is 16.2 Å². The molecule has 0 spiro atoms. The second-order valence-electron chi connectivity index (χ2n) is 7.54. The Labute approximate surface area is 197 Å². The van der Waals surface area contributed by atoms with Crippen molar-refractivity contribution in [3.8, 4) is 27.7 Å². The molecule has 170 valence electrons. The molecule has 34 heavy (non-hydrogen) atoms. The molecule has 8 heteroatoms. The molecule has 0 saturated heterocycles. The van der Waals surface area contributed by atoms with Gasteiger partial charge in [0.05, 0.1) is 12.0 Å². The molecular formula is C26H19FN2O4S. The number of aromatic amines is 1. The van der Waals surface area contributed by atoms with E-state index in [9.17, 15) is 9.18 Å². The van der Waals surface area contributed by atoms with E-state index < -0.39 is 5.76 Å². The van der Waals surface area contributed by atoms with Crippen LogP contribution < -0.4 is 15.2 Å². The van der Waals surface area contributed by atoms with Crippen molar-refractivity contribution in [3.05, 3.63) is 94.0 Å². The number of thiophene rings is 1. The lowest BCUT2D eigenvalue weighted by Gasteiger charge is -2.10. The standard InChI is InChI=1S/C26H19FN2O4S/c1-15-13-17(27)6-10-20(15)25-24(21-11-9-19(31-2)14-22(21)34-25)32-18-7-3-16(4-8-18)5-12-23-28-29-26(30)33-23/h3-14H,1-2H3,(H,29,30). The number of nitrogens with one attached hydrogen (secondary N) is 1. The van der Waals surface area contributed by atoms with E-state index >= 15 is 0 Å². The monoisotopic (exact) mass is 474 g/mol. The second kappa shape index (κ2) is 8.99. The highest BCUT2D eigenvalue weighted by molar-refractivity contribution is 7.22. The predicted molar refractivity (Wildman–Crippen MR) is 131 cm³/mol. The number of aromatic nitrogens is 2. The molecule has 5 aromatic rings. The number of halogens is 1. The van der Waals surface area contributed by atoms with Gasteiger partial charge in [-0.15, -0.1) is 16.4 Å². The van der Waals surface area contributed by atoms with E-state index in [1.807, 2.05) is 49.4 Å². The largest absolute Gasteiger partial charge is 0.497 e. The van der Waals surface area contributed by atoms with Gasteiger partial charge in [0.1, 0.15) is 17.3 Å². The average molecular weight is 475 g/mol. The third kappa shape index (κ3) is 4.35. The first kappa shape index (κ1) is 21.7. The van der Waals surface area contributed by atoms with Crippen LogP contribution >= 0.6 is 11.3 Å². The average Bonchev–Trinajstić information content (AvgIpc) is 3.41. The molecule has 6 nitrogen and oxygen atoms in total. The summed E-state index contributed by atoms with van der Waals surface area (Å²) >= 11 is 1.57. The normalized spacial score (nSPS) is 11.4. The summed E-state index contributed by atoms with van der Waals surface area (Å²) in [4.78, 5) is 11.9. The number of fused-ring (bicyclic) bond motifs is 1. The highest BCUT2D eigenvalue weighted by Crippen LogP contribution is 2.48.